The van der Waals surface area contributed by atoms with Crippen molar-refractivity contribution in [3.8, 4) is 0 Å². The Morgan fingerprint density at radius 1 is 1.16 bits per heavy atom. The van der Waals surface area contributed by atoms with Crippen LogP contribution >= 0.6 is 0 Å². The van der Waals surface area contributed by atoms with Crippen LogP contribution in [-0.2, 0) is 0 Å². The van der Waals surface area contributed by atoms with Crippen LogP contribution in [-0.4, -0.2) is 13.6 Å². The molecule has 2 saturated carbocycles. The van der Waals surface area contributed by atoms with Crippen LogP contribution in [0, 0.1) is 17.8 Å². The van der Waals surface area contributed by atoms with Gasteiger partial charge in [0.25, 0.3) is 0 Å². The highest BCUT2D eigenvalue weighted by Crippen LogP contribution is 2.50. The third kappa shape index (κ3) is 3.02. The fraction of sp³-hybridized carbons (Fsp3) is 0.667. The summed E-state index contributed by atoms with van der Waals surface area (Å²) < 4.78 is 0. The molecule has 1 aromatic rings. The van der Waals surface area contributed by atoms with E-state index in [1.807, 2.05) is 0 Å². The molecule has 1 N–H and O–H groups in total. The number of fused-ring (bicyclic) bond motifs is 2. The average Bonchev–Trinajstić information content (AvgIpc) is 3.07. The van der Waals surface area contributed by atoms with Crippen molar-refractivity contribution in [3.63, 3.8) is 0 Å². The fourth-order valence-electron chi connectivity index (χ4n) is 4.50. The van der Waals surface area contributed by atoms with Gasteiger partial charge in [-0.05, 0) is 68.4 Å². The zero-order chi connectivity index (χ0) is 13.1. The second-order valence-corrected chi connectivity index (χ2v) is 6.68. The third-order valence-corrected chi connectivity index (χ3v) is 5.49. The molecule has 2 aliphatic rings. The van der Waals surface area contributed by atoms with Crippen molar-refractivity contribution >= 4 is 0 Å². The van der Waals surface area contributed by atoms with Gasteiger partial charge in [0.05, 0.1) is 0 Å². The monoisotopic (exact) mass is 257 g/mol. The molecule has 1 aromatic carbocycles. The van der Waals surface area contributed by atoms with Crippen molar-refractivity contribution in [1.82, 2.24) is 5.32 Å². The van der Waals surface area contributed by atoms with E-state index in [2.05, 4.69) is 42.7 Å². The lowest BCUT2D eigenvalue weighted by Gasteiger charge is -2.24. The first-order valence-electron chi connectivity index (χ1n) is 8.06. The van der Waals surface area contributed by atoms with Gasteiger partial charge in [-0.15, -0.1) is 0 Å². The summed E-state index contributed by atoms with van der Waals surface area (Å²) in [7, 11) is 2.08. The standard InChI is InChI=1S/C18H27N/c1-19-13-18(15-5-3-2-4-6-15)10-9-17-12-14-7-8-16(17)11-14/h2-6,14,16-19H,7-13H2,1H3. The molecule has 0 aromatic heterocycles. The van der Waals surface area contributed by atoms with Gasteiger partial charge >= 0.3 is 0 Å². The van der Waals surface area contributed by atoms with Gasteiger partial charge in [0.1, 0.15) is 0 Å². The van der Waals surface area contributed by atoms with Gasteiger partial charge in [0.2, 0.25) is 0 Å². The molecule has 4 atom stereocenters. The molecule has 0 radical (unpaired) electrons. The maximum Gasteiger partial charge on any atom is 0.00171 e. The highest BCUT2D eigenvalue weighted by Gasteiger charge is 2.39. The summed E-state index contributed by atoms with van der Waals surface area (Å²) >= 11 is 0. The number of hydrogen-bond acceptors (Lipinski definition) is 1. The molecule has 2 bridgehead atoms. The molecule has 0 spiro atoms. The second kappa shape index (κ2) is 6.09. The largest absolute Gasteiger partial charge is 0.319 e. The molecule has 1 heteroatoms. The van der Waals surface area contributed by atoms with E-state index in [0.717, 1.165) is 24.3 Å². The van der Waals surface area contributed by atoms with Crippen molar-refractivity contribution < 1.29 is 0 Å². The minimum atomic E-state index is 0.699. The van der Waals surface area contributed by atoms with Gasteiger partial charge in [0.15, 0.2) is 0 Å². The number of nitrogens with one attached hydrogen (secondary N) is 1. The highest BCUT2D eigenvalue weighted by molar-refractivity contribution is 5.19. The van der Waals surface area contributed by atoms with Gasteiger partial charge < -0.3 is 5.32 Å². The van der Waals surface area contributed by atoms with E-state index in [9.17, 15) is 0 Å². The second-order valence-electron chi connectivity index (χ2n) is 6.68. The van der Waals surface area contributed by atoms with Gasteiger partial charge in [-0.2, -0.15) is 0 Å². The number of hydrogen-bond donors (Lipinski definition) is 1. The van der Waals surface area contributed by atoms with Crippen molar-refractivity contribution in [2.75, 3.05) is 13.6 Å². The Morgan fingerprint density at radius 3 is 2.63 bits per heavy atom. The predicted molar refractivity (Wildman–Crippen MR) is 81.3 cm³/mol. The van der Waals surface area contributed by atoms with E-state index in [4.69, 9.17) is 0 Å². The zero-order valence-corrected chi connectivity index (χ0v) is 12.1. The van der Waals surface area contributed by atoms with Gasteiger partial charge in [-0.25, -0.2) is 0 Å². The first-order chi connectivity index (χ1) is 9.36. The molecular weight excluding hydrogens is 230 g/mol. The molecule has 4 unspecified atom stereocenters. The lowest BCUT2D eigenvalue weighted by Crippen LogP contribution is -2.19. The van der Waals surface area contributed by atoms with E-state index in [0.29, 0.717) is 5.92 Å². The van der Waals surface area contributed by atoms with E-state index in [-0.39, 0.29) is 0 Å². The number of likely N-dealkylation sites (N-methyl/N-ethyl adjacent to an activating group) is 1. The van der Waals surface area contributed by atoms with Crippen LogP contribution in [0.15, 0.2) is 30.3 Å². The molecule has 0 amide bonds. The van der Waals surface area contributed by atoms with Crippen molar-refractivity contribution in [2.45, 2.75) is 44.4 Å². The number of rotatable bonds is 6. The highest BCUT2D eigenvalue weighted by atomic mass is 14.8. The topological polar surface area (TPSA) is 12.0 Å². The van der Waals surface area contributed by atoms with Gasteiger partial charge in [0, 0.05) is 6.54 Å². The summed E-state index contributed by atoms with van der Waals surface area (Å²) in [6.45, 7) is 1.12. The van der Waals surface area contributed by atoms with Crippen molar-refractivity contribution in [2.24, 2.45) is 17.8 Å². The third-order valence-electron chi connectivity index (χ3n) is 5.49. The Labute approximate surface area is 117 Å². The van der Waals surface area contributed by atoms with Crippen LogP contribution < -0.4 is 5.32 Å². The lowest BCUT2D eigenvalue weighted by molar-refractivity contribution is 0.299. The van der Waals surface area contributed by atoms with Crippen LogP contribution in [0.3, 0.4) is 0 Å². The van der Waals surface area contributed by atoms with Gasteiger partial charge in [-0.3, -0.25) is 0 Å². The van der Waals surface area contributed by atoms with Crippen LogP contribution in [0.25, 0.3) is 0 Å². The Kier molecular flexibility index (Phi) is 4.22. The zero-order valence-electron chi connectivity index (χ0n) is 12.1. The molecule has 2 fully saturated rings. The average molecular weight is 257 g/mol. The SMILES string of the molecule is CNCC(CCC1CC2CCC1C2)c1ccccc1. The minimum absolute atomic E-state index is 0.699. The summed E-state index contributed by atoms with van der Waals surface area (Å²) in [4.78, 5) is 0. The Hall–Kier alpha value is -0.820. The normalized spacial score (nSPS) is 30.7. The van der Waals surface area contributed by atoms with E-state index in [1.165, 1.54) is 37.7 Å². The fourth-order valence-corrected chi connectivity index (χ4v) is 4.50. The molecule has 104 valence electrons. The Balaban J connectivity index is 1.56. The smallest absolute Gasteiger partial charge is 0.00171 e. The summed E-state index contributed by atoms with van der Waals surface area (Å²) in [6.07, 6.45) is 8.94. The molecule has 19 heavy (non-hydrogen) atoms. The first-order valence-corrected chi connectivity index (χ1v) is 8.06. The van der Waals surface area contributed by atoms with E-state index in [1.54, 1.807) is 6.42 Å². The maximum atomic E-state index is 3.38. The maximum absolute atomic E-state index is 3.38. The summed E-state index contributed by atoms with van der Waals surface area (Å²) in [5.41, 5.74) is 1.51. The molecule has 1 nitrogen and oxygen atoms in total. The van der Waals surface area contributed by atoms with Crippen LogP contribution in [0.2, 0.25) is 0 Å². The molecule has 2 aliphatic carbocycles. The van der Waals surface area contributed by atoms with Crippen LogP contribution in [0.4, 0.5) is 0 Å². The van der Waals surface area contributed by atoms with E-state index < -0.39 is 0 Å². The molecule has 0 aliphatic heterocycles. The summed E-state index contributed by atoms with van der Waals surface area (Å²) in [5, 5.41) is 3.38. The molecule has 0 heterocycles. The molecule has 0 saturated heterocycles. The number of benzene rings is 1. The predicted octanol–water partition coefficient (Wildman–Crippen LogP) is 4.21. The first kappa shape index (κ1) is 13.2. The Morgan fingerprint density at radius 2 is 2.00 bits per heavy atom. The van der Waals surface area contributed by atoms with Crippen LogP contribution in [0.1, 0.15) is 50.0 Å². The molecular formula is C18H27N. The van der Waals surface area contributed by atoms with Crippen molar-refractivity contribution in [1.29, 1.82) is 0 Å². The Bertz CT molecular complexity index is 386. The van der Waals surface area contributed by atoms with Crippen LogP contribution in [0.5, 0.6) is 0 Å². The quantitative estimate of drug-likeness (QED) is 0.805. The summed E-state index contributed by atoms with van der Waals surface area (Å²) in [6, 6.07) is 11.1. The molecule has 3 rings (SSSR count). The van der Waals surface area contributed by atoms with Crippen molar-refractivity contribution in [3.05, 3.63) is 35.9 Å². The summed E-state index contributed by atoms with van der Waals surface area (Å²) in [5.74, 6) is 3.91. The van der Waals surface area contributed by atoms with Gasteiger partial charge in [-0.1, -0.05) is 36.8 Å². The lowest BCUT2D eigenvalue weighted by atomic mass is 9.82. The minimum Gasteiger partial charge on any atom is -0.319 e. The van der Waals surface area contributed by atoms with E-state index >= 15 is 0 Å².